The Morgan fingerprint density at radius 3 is 2.68 bits per heavy atom. The van der Waals surface area contributed by atoms with E-state index >= 15 is 0 Å². The molecule has 0 radical (unpaired) electrons. The fourth-order valence-electron chi connectivity index (χ4n) is 2.05. The first-order valence-corrected chi connectivity index (χ1v) is 7.33. The monoisotopic (exact) mass is 287 g/mol. The van der Waals surface area contributed by atoms with E-state index in [9.17, 15) is 17.1 Å². The zero-order valence-corrected chi connectivity index (χ0v) is 11.2. The van der Waals surface area contributed by atoms with Crippen LogP contribution >= 0.6 is 0 Å². The van der Waals surface area contributed by atoms with Crippen molar-refractivity contribution in [1.29, 1.82) is 0 Å². The topological polar surface area (TPSA) is 63.7 Å². The molecule has 0 N–H and O–H groups in total. The van der Waals surface area contributed by atoms with Gasteiger partial charge in [-0.05, 0) is 19.1 Å². The minimum absolute atomic E-state index is 0.179. The van der Waals surface area contributed by atoms with Gasteiger partial charge in [0, 0.05) is 13.0 Å². The molecule has 0 bridgehead atoms. The highest BCUT2D eigenvalue weighted by Crippen LogP contribution is 2.33. The molecule has 1 fully saturated rings. The van der Waals surface area contributed by atoms with Gasteiger partial charge in [0.2, 0.25) is 5.91 Å². The van der Waals surface area contributed by atoms with E-state index in [0.717, 1.165) is 0 Å². The molecule has 5 nitrogen and oxygen atoms in total. The third-order valence-corrected chi connectivity index (χ3v) is 4.06. The first-order valence-electron chi connectivity index (χ1n) is 5.89. The van der Waals surface area contributed by atoms with Crippen molar-refractivity contribution in [2.45, 2.75) is 18.6 Å². The molecule has 19 heavy (non-hydrogen) atoms. The number of carbonyl (C=O) groups is 1. The summed E-state index contributed by atoms with van der Waals surface area (Å²) in [6.07, 6.45) is -0.334. The lowest BCUT2D eigenvalue weighted by Crippen LogP contribution is -2.27. The first-order chi connectivity index (χ1) is 8.93. The van der Waals surface area contributed by atoms with E-state index in [1.165, 1.54) is 4.90 Å². The van der Waals surface area contributed by atoms with Gasteiger partial charge in [-0.15, -0.1) is 3.89 Å². The lowest BCUT2D eigenvalue weighted by molar-refractivity contribution is -0.117. The maximum absolute atomic E-state index is 13.0. The summed E-state index contributed by atoms with van der Waals surface area (Å²) in [4.78, 5) is 13.1. The van der Waals surface area contributed by atoms with Crippen molar-refractivity contribution in [2.75, 3.05) is 18.1 Å². The SMILES string of the molecule is CCOc1ccccc1N1CC(S(=O)(=O)F)CC1=O. The summed E-state index contributed by atoms with van der Waals surface area (Å²) in [6, 6.07) is 6.79. The number of amides is 1. The molecule has 104 valence electrons. The van der Waals surface area contributed by atoms with Gasteiger partial charge in [0.25, 0.3) is 0 Å². The van der Waals surface area contributed by atoms with Crippen molar-refractivity contribution in [3.8, 4) is 5.75 Å². The maximum atomic E-state index is 13.0. The molecule has 7 heteroatoms. The average Bonchev–Trinajstić information content (AvgIpc) is 2.72. The average molecular weight is 287 g/mol. The molecule has 1 saturated heterocycles. The highest BCUT2D eigenvalue weighted by molar-refractivity contribution is 7.87. The van der Waals surface area contributed by atoms with Gasteiger partial charge >= 0.3 is 10.2 Å². The molecule has 0 aromatic heterocycles. The number of benzene rings is 1. The van der Waals surface area contributed by atoms with Gasteiger partial charge < -0.3 is 9.64 Å². The van der Waals surface area contributed by atoms with Crippen LogP contribution in [0.4, 0.5) is 9.57 Å². The van der Waals surface area contributed by atoms with Crippen LogP contribution in [0.3, 0.4) is 0 Å². The lowest BCUT2D eigenvalue weighted by Gasteiger charge is -2.19. The molecule has 0 spiro atoms. The van der Waals surface area contributed by atoms with Gasteiger partial charge in [-0.2, -0.15) is 8.42 Å². The molecule has 1 aliphatic heterocycles. The van der Waals surface area contributed by atoms with E-state index in [2.05, 4.69) is 0 Å². The number of hydrogen-bond acceptors (Lipinski definition) is 4. The highest BCUT2D eigenvalue weighted by atomic mass is 32.3. The summed E-state index contributed by atoms with van der Waals surface area (Å²) < 4.78 is 40.1. The number of rotatable bonds is 4. The van der Waals surface area contributed by atoms with Crippen LogP contribution in [-0.4, -0.2) is 32.7 Å². The molecule has 1 atom stereocenters. The second kappa shape index (κ2) is 5.16. The van der Waals surface area contributed by atoms with Crippen LogP contribution in [-0.2, 0) is 15.0 Å². The molecular weight excluding hydrogens is 273 g/mol. The van der Waals surface area contributed by atoms with Gasteiger partial charge in [-0.25, -0.2) is 0 Å². The zero-order valence-electron chi connectivity index (χ0n) is 10.4. The van der Waals surface area contributed by atoms with Crippen molar-refractivity contribution in [3.63, 3.8) is 0 Å². The molecule has 1 aromatic carbocycles. The minimum atomic E-state index is -4.70. The van der Waals surface area contributed by atoms with Gasteiger partial charge in [-0.3, -0.25) is 4.79 Å². The van der Waals surface area contributed by atoms with Crippen LogP contribution in [0.1, 0.15) is 13.3 Å². The molecule has 1 amide bonds. The molecule has 1 aliphatic rings. The normalized spacial score (nSPS) is 19.8. The van der Waals surface area contributed by atoms with E-state index in [4.69, 9.17) is 4.74 Å². The van der Waals surface area contributed by atoms with Crippen molar-refractivity contribution < 1.29 is 21.8 Å². The Kier molecular flexibility index (Phi) is 3.75. The highest BCUT2D eigenvalue weighted by Gasteiger charge is 2.39. The molecule has 2 rings (SSSR count). The minimum Gasteiger partial charge on any atom is -0.492 e. The first kappa shape index (κ1) is 13.8. The third kappa shape index (κ3) is 2.86. The number of ether oxygens (including phenoxy) is 1. The molecule has 0 aliphatic carbocycles. The Morgan fingerprint density at radius 1 is 1.42 bits per heavy atom. The van der Waals surface area contributed by atoms with E-state index in [1.807, 2.05) is 0 Å². The molecular formula is C12H14FNO4S. The standard InChI is InChI=1S/C12H14FNO4S/c1-2-18-11-6-4-3-5-10(11)14-8-9(7-12(14)15)19(13,16)17/h3-6,9H,2,7-8H2,1H3. The number of nitrogens with zero attached hydrogens (tertiary/aromatic N) is 1. The summed E-state index contributed by atoms with van der Waals surface area (Å²) in [5.41, 5.74) is 0.473. The fourth-order valence-corrected chi connectivity index (χ4v) is 2.72. The van der Waals surface area contributed by atoms with Gasteiger partial charge in [0.15, 0.2) is 0 Å². The predicted molar refractivity (Wildman–Crippen MR) is 68.4 cm³/mol. The Balaban J connectivity index is 2.31. The summed E-state index contributed by atoms with van der Waals surface area (Å²) in [5, 5.41) is -1.30. The van der Waals surface area contributed by atoms with Crippen LogP contribution in [0.5, 0.6) is 5.75 Å². The van der Waals surface area contributed by atoms with Crippen molar-refractivity contribution in [2.24, 2.45) is 0 Å². The van der Waals surface area contributed by atoms with E-state index in [1.54, 1.807) is 31.2 Å². The number of anilines is 1. The second-order valence-electron chi connectivity index (χ2n) is 4.21. The summed E-state index contributed by atoms with van der Waals surface area (Å²) in [7, 11) is -4.70. The summed E-state index contributed by atoms with van der Waals surface area (Å²) in [6.45, 7) is 2.04. The van der Waals surface area contributed by atoms with Crippen LogP contribution < -0.4 is 9.64 Å². The quantitative estimate of drug-likeness (QED) is 0.787. The second-order valence-corrected chi connectivity index (χ2v) is 5.82. The van der Waals surface area contributed by atoms with Crippen molar-refractivity contribution in [3.05, 3.63) is 24.3 Å². The molecule has 1 heterocycles. The lowest BCUT2D eigenvalue weighted by atomic mass is 10.2. The van der Waals surface area contributed by atoms with Crippen LogP contribution in [0, 0.1) is 0 Å². The van der Waals surface area contributed by atoms with Gasteiger partial charge in [0.05, 0.1) is 12.3 Å². The van der Waals surface area contributed by atoms with Crippen molar-refractivity contribution >= 4 is 21.8 Å². The van der Waals surface area contributed by atoms with E-state index in [-0.39, 0.29) is 13.0 Å². The number of hydrogen-bond donors (Lipinski definition) is 0. The number of carbonyl (C=O) groups excluding carboxylic acids is 1. The molecule has 1 aromatic rings. The largest absolute Gasteiger partial charge is 0.492 e. The Labute approximate surface area is 111 Å². The van der Waals surface area contributed by atoms with Crippen molar-refractivity contribution in [1.82, 2.24) is 0 Å². The maximum Gasteiger partial charge on any atom is 0.307 e. The Bertz CT molecular complexity index is 587. The zero-order chi connectivity index (χ0) is 14.0. The third-order valence-electron chi connectivity index (χ3n) is 2.94. The predicted octanol–water partition coefficient (Wildman–Crippen LogP) is 1.49. The fraction of sp³-hybridized carbons (Fsp3) is 0.417. The van der Waals surface area contributed by atoms with E-state index in [0.29, 0.717) is 18.0 Å². The Morgan fingerprint density at radius 2 is 2.11 bits per heavy atom. The van der Waals surface area contributed by atoms with E-state index < -0.39 is 21.4 Å². The summed E-state index contributed by atoms with van der Waals surface area (Å²) in [5.74, 6) is 0.0636. The van der Waals surface area contributed by atoms with Gasteiger partial charge in [0.1, 0.15) is 11.0 Å². The summed E-state index contributed by atoms with van der Waals surface area (Å²) >= 11 is 0. The van der Waals surface area contributed by atoms with Crippen LogP contribution in [0.2, 0.25) is 0 Å². The van der Waals surface area contributed by atoms with Crippen LogP contribution in [0.25, 0.3) is 0 Å². The Hall–Kier alpha value is -1.63. The number of halogens is 1. The smallest absolute Gasteiger partial charge is 0.307 e. The van der Waals surface area contributed by atoms with Crippen LogP contribution in [0.15, 0.2) is 24.3 Å². The molecule has 0 saturated carbocycles. The molecule has 1 unspecified atom stereocenters. The number of para-hydroxylation sites is 2. The van der Waals surface area contributed by atoms with Gasteiger partial charge in [-0.1, -0.05) is 12.1 Å².